The van der Waals surface area contributed by atoms with E-state index in [4.69, 9.17) is 0 Å². The fourth-order valence-corrected chi connectivity index (χ4v) is 2.00. The molecule has 1 heterocycles. The van der Waals surface area contributed by atoms with Crippen LogP contribution in [0.5, 0.6) is 0 Å². The van der Waals surface area contributed by atoms with Crippen LogP contribution in [-0.2, 0) is 0 Å². The highest BCUT2D eigenvalue weighted by atomic mass is 14.9. The van der Waals surface area contributed by atoms with E-state index in [0.717, 1.165) is 31.5 Å². The number of hydrogen-bond acceptors (Lipinski definition) is 2. The standard InChI is InChI=1S/C13H18N2/c1-3-5-12(6-4-2)13(11-14)7-9-15-10-8-13/h3-6,15H,1,7-10H2,2H3/b6-4-,12-5+. The van der Waals surface area contributed by atoms with Gasteiger partial charge in [0, 0.05) is 0 Å². The molecule has 0 saturated carbocycles. The molecule has 1 aliphatic heterocycles. The van der Waals surface area contributed by atoms with Gasteiger partial charge in [-0.25, -0.2) is 0 Å². The van der Waals surface area contributed by atoms with Crippen LogP contribution >= 0.6 is 0 Å². The average Bonchev–Trinajstić information content (AvgIpc) is 2.30. The Hall–Kier alpha value is -1.33. The van der Waals surface area contributed by atoms with E-state index in [1.807, 2.05) is 25.2 Å². The highest BCUT2D eigenvalue weighted by Gasteiger charge is 2.34. The van der Waals surface area contributed by atoms with Crippen molar-refractivity contribution in [2.24, 2.45) is 5.41 Å². The van der Waals surface area contributed by atoms with Gasteiger partial charge in [-0.3, -0.25) is 0 Å². The van der Waals surface area contributed by atoms with Crippen molar-refractivity contribution in [3.8, 4) is 6.07 Å². The lowest BCUT2D eigenvalue weighted by Crippen LogP contribution is -2.36. The molecule has 2 nitrogen and oxygen atoms in total. The topological polar surface area (TPSA) is 35.8 Å². The van der Waals surface area contributed by atoms with Gasteiger partial charge >= 0.3 is 0 Å². The summed E-state index contributed by atoms with van der Waals surface area (Å²) in [6.45, 7) is 7.52. The molecule has 1 aliphatic rings. The molecule has 0 aromatic rings. The fraction of sp³-hybridized carbons (Fsp3) is 0.462. The summed E-state index contributed by atoms with van der Waals surface area (Å²) in [4.78, 5) is 0. The zero-order valence-corrected chi connectivity index (χ0v) is 9.29. The summed E-state index contributed by atoms with van der Waals surface area (Å²) in [6, 6.07) is 2.48. The van der Waals surface area contributed by atoms with E-state index in [0.29, 0.717) is 0 Å². The summed E-state index contributed by atoms with van der Waals surface area (Å²) < 4.78 is 0. The van der Waals surface area contributed by atoms with E-state index in [1.54, 1.807) is 6.08 Å². The zero-order chi connectivity index (χ0) is 11.1. The van der Waals surface area contributed by atoms with Crippen molar-refractivity contribution in [1.29, 1.82) is 5.26 Å². The molecule has 0 aromatic carbocycles. The van der Waals surface area contributed by atoms with Gasteiger partial charge in [-0.1, -0.05) is 30.9 Å². The molecule has 0 unspecified atom stereocenters. The van der Waals surface area contributed by atoms with E-state index >= 15 is 0 Å². The molecule has 1 fully saturated rings. The second kappa shape index (κ2) is 5.53. The highest BCUT2D eigenvalue weighted by molar-refractivity contribution is 5.36. The SMILES string of the molecule is C=C/C=C(\C=C/C)C1(C#N)CCNCC1. The van der Waals surface area contributed by atoms with Crippen molar-refractivity contribution in [2.45, 2.75) is 19.8 Å². The molecule has 0 radical (unpaired) electrons. The molecule has 15 heavy (non-hydrogen) atoms. The van der Waals surface area contributed by atoms with Gasteiger partial charge in [-0.15, -0.1) is 0 Å². The van der Waals surface area contributed by atoms with Gasteiger partial charge in [-0.2, -0.15) is 5.26 Å². The maximum atomic E-state index is 9.38. The van der Waals surface area contributed by atoms with Crippen molar-refractivity contribution < 1.29 is 0 Å². The van der Waals surface area contributed by atoms with Crippen molar-refractivity contribution >= 4 is 0 Å². The molecule has 1 saturated heterocycles. The van der Waals surface area contributed by atoms with Crippen molar-refractivity contribution in [1.82, 2.24) is 5.32 Å². The second-order valence-electron chi connectivity index (χ2n) is 3.80. The summed E-state index contributed by atoms with van der Waals surface area (Å²) in [5.74, 6) is 0. The molecule has 1 N–H and O–H groups in total. The third kappa shape index (κ3) is 2.57. The smallest absolute Gasteiger partial charge is 0.0846 e. The maximum absolute atomic E-state index is 9.38. The first-order valence-electron chi connectivity index (χ1n) is 5.37. The number of rotatable bonds is 3. The van der Waals surface area contributed by atoms with E-state index < -0.39 is 0 Å². The molecule has 0 bridgehead atoms. The lowest BCUT2D eigenvalue weighted by Gasteiger charge is -2.32. The largest absolute Gasteiger partial charge is 0.317 e. The van der Waals surface area contributed by atoms with Crippen LogP contribution in [0.15, 0.2) is 36.5 Å². The zero-order valence-electron chi connectivity index (χ0n) is 9.29. The highest BCUT2D eigenvalue weighted by Crippen LogP contribution is 2.36. The number of nitrogens with one attached hydrogen (secondary N) is 1. The average molecular weight is 202 g/mol. The Labute approximate surface area is 92.0 Å². The molecule has 2 heteroatoms. The van der Waals surface area contributed by atoms with E-state index in [1.165, 1.54) is 0 Å². The molecule has 0 aromatic heterocycles. The summed E-state index contributed by atoms with van der Waals surface area (Å²) in [6.07, 6.45) is 9.48. The van der Waals surface area contributed by atoms with Gasteiger partial charge in [0.15, 0.2) is 0 Å². The molecule has 0 atom stereocenters. The van der Waals surface area contributed by atoms with Crippen LogP contribution in [-0.4, -0.2) is 13.1 Å². The van der Waals surface area contributed by atoms with Crippen LogP contribution < -0.4 is 5.32 Å². The minimum Gasteiger partial charge on any atom is -0.317 e. The lowest BCUT2D eigenvalue weighted by molar-refractivity contribution is 0.339. The Kier molecular flexibility index (Phi) is 4.33. The summed E-state index contributed by atoms with van der Waals surface area (Å²) in [5, 5.41) is 12.7. The van der Waals surface area contributed by atoms with E-state index in [9.17, 15) is 5.26 Å². The third-order valence-corrected chi connectivity index (χ3v) is 2.87. The second-order valence-corrected chi connectivity index (χ2v) is 3.80. The van der Waals surface area contributed by atoms with Gasteiger partial charge in [0.05, 0.1) is 11.5 Å². The van der Waals surface area contributed by atoms with Crippen LogP contribution in [0.4, 0.5) is 0 Å². The van der Waals surface area contributed by atoms with Crippen molar-refractivity contribution in [2.75, 3.05) is 13.1 Å². The lowest BCUT2D eigenvalue weighted by atomic mass is 9.73. The molecule has 0 amide bonds. The minimum atomic E-state index is -0.314. The molecular weight excluding hydrogens is 184 g/mol. The predicted octanol–water partition coefficient (Wildman–Crippen LogP) is 2.57. The van der Waals surface area contributed by atoms with E-state index in [2.05, 4.69) is 18.0 Å². The van der Waals surface area contributed by atoms with Crippen LogP contribution in [0.1, 0.15) is 19.8 Å². The maximum Gasteiger partial charge on any atom is 0.0846 e. The fourth-order valence-electron chi connectivity index (χ4n) is 2.00. The van der Waals surface area contributed by atoms with E-state index in [-0.39, 0.29) is 5.41 Å². The number of piperidine rings is 1. The Bertz CT molecular complexity index is 312. The molecule has 0 spiro atoms. The summed E-state index contributed by atoms with van der Waals surface area (Å²) in [5.41, 5.74) is 0.773. The van der Waals surface area contributed by atoms with Gasteiger partial charge in [-0.05, 0) is 38.4 Å². The first-order chi connectivity index (χ1) is 7.29. The van der Waals surface area contributed by atoms with Crippen LogP contribution in [0.3, 0.4) is 0 Å². The molecule has 80 valence electrons. The first-order valence-corrected chi connectivity index (χ1v) is 5.37. The third-order valence-electron chi connectivity index (χ3n) is 2.87. The monoisotopic (exact) mass is 202 g/mol. The normalized spacial score (nSPS) is 21.2. The minimum absolute atomic E-state index is 0.314. The van der Waals surface area contributed by atoms with Crippen LogP contribution in [0.2, 0.25) is 0 Å². The number of nitrogens with zero attached hydrogens (tertiary/aromatic N) is 1. The van der Waals surface area contributed by atoms with Crippen molar-refractivity contribution in [3.05, 3.63) is 36.5 Å². The number of allylic oxidation sites excluding steroid dienone is 5. The predicted molar refractivity (Wildman–Crippen MR) is 63.2 cm³/mol. The molecule has 1 rings (SSSR count). The Balaban J connectivity index is 3.01. The quantitative estimate of drug-likeness (QED) is 0.714. The number of nitriles is 1. The number of hydrogen-bond donors (Lipinski definition) is 1. The van der Waals surface area contributed by atoms with Gasteiger partial charge in [0.2, 0.25) is 0 Å². The Morgan fingerprint density at radius 3 is 2.60 bits per heavy atom. The summed E-state index contributed by atoms with van der Waals surface area (Å²) >= 11 is 0. The Morgan fingerprint density at radius 1 is 1.47 bits per heavy atom. The Morgan fingerprint density at radius 2 is 2.13 bits per heavy atom. The summed E-state index contributed by atoms with van der Waals surface area (Å²) in [7, 11) is 0. The first kappa shape index (κ1) is 11.7. The molecular formula is C13H18N2. The molecule has 0 aliphatic carbocycles. The van der Waals surface area contributed by atoms with Crippen LogP contribution in [0.25, 0.3) is 0 Å². The van der Waals surface area contributed by atoms with Gasteiger partial charge in [0.1, 0.15) is 0 Å². The van der Waals surface area contributed by atoms with Gasteiger partial charge in [0.25, 0.3) is 0 Å². The van der Waals surface area contributed by atoms with Crippen molar-refractivity contribution in [3.63, 3.8) is 0 Å². The van der Waals surface area contributed by atoms with Gasteiger partial charge < -0.3 is 5.32 Å². The van der Waals surface area contributed by atoms with Crippen LogP contribution in [0, 0.1) is 16.7 Å².